The predicted molar refractivity (Wildman–Crippen MR) is 126 cm³/mol. The molecule has 0 saturated heterocycles. The summed E-state index contributed by atoms with van der Waals surface area (Å²) in [4.78, 5) is 4.60. The average molecular weight is 408 g/mol. The monoisotopic (exact) mass is 407 g/mol. The van der Waals surface area contributed by atoms with E-state index < -0.39 is 0 Å². The van der Waals surface area contributed by atoms with Gasteiger partial charge in [-0.25, -0.2) is 0 Å². The number of nitrogens with zero attached hydrogens (tertiary/aromatic N) is 1. The number of aromatic hydroxyl groups is 1. The highest BCUT2D eigenvalue weighted by Gasteiger charge is 2.58. The summed E-state index contributed by atoms with van der Waals surface area (Å²) < 4.78 is 0. The van der Waals surface area contributed by atoms with Crippen molar-refractivity contribution in [1.29, 1.82) is 0 Å². The zero-order valence-electron chi connectivity index (χ0n) is 17.9. The van der Waals surface area contributed by atoms with E-state index in [4.69, 9.17) is 0 Å². The number of benzene rings is 3. The molecule has 156 valence electrons. The molecule has 1 N–H and O–H groups in total. The molecule has 0 amide bonds. The van der Waals surface area contributed by atoms with Crippen LogP contribution in [0.2, 0.25) is 0 Å². The first-order valence-electron chi connectivity index (χ1n) is 11.6. The maximum absolute atomic E-state index is 9.96. The van der Waals surface area contributed by atoms with Gasteiger partial charge in [-0.3, -0.25) is 4.99 Å². The van der Waals surface area contributed by atoms with Crippen LogP contribution < -0.4 is 0 Å². The Hall–Kier alpha value is -2.87. The van der Waals surface area contributed by atoms with Crippen LogP contribution in [0.25, 0.3) is 0 Å². The Morgan fingerprint density at radius 2 is 1.29 bits per heavy atom. The second kappa shape index (κ2) is 7.09. The minimum atomic E-state index is 0.266. The highest BCUT2D eigenvalue weighted by molar-refractivity contribution is 5.85. The third-order valence-electron chi connectivity index (χ3n) is 8.22. The third kappa shape index (κ3) is 3.20. The number of hydrogen-bond acceptors (Lipinski definition) is 2. The minimum absolute atomic E-state index is 0.266. The summed E-state index contributed by atoms with van der Waals surface area (Å²) in [5, 5.41) is 9.96. The Kier molecular flexibility index (Phi) is 4.31. The summed E-state index contributed by atoms with van der Waals surface area (Å²) in [5.74, 6) is 1.99. The van der Waals surface area contributed by atoms with Crippen molar-refractivity contribution in [3.8, 4) is 5.75 Å². The van der Waals surface area contributed by atoms with Gasteiger partial charge in [-0.2, -0.15) is 0 Å². The Balaban J connectivity index is 1.30. The van der Waals surface area contributed by atoms with Gasteiger partial charge in [0.2, 0.25) is 0 Å². The van der Waals surface area contributed by atoms with Gasteiger partial charge in [-0.15, -0.1) is 0 Å². The van der Waals surface area contributed by atoms with E-state index >= 15 is 0 Å². The van der Waals surface area contributed by atoms with Crippen molar-refractivity contribution in [3.05, 3.63) is 95.6 Å². The Morgan fingerprint density at radius 3 is 1.94 bits per heavy atom. The molecular weight excluding hydrogens is 378 g/mol. The summed E-state index contributed by atoms with van der Waals surface area (Å²) in [6, 6.07) is 27.6. The number of phenols is 1. The topological polar surface area (TPSA) is 32.6 Å². The molecule has 0 radical (unpaired) electrons. The van der Waals surface area contributed by atoms with E-state index in [0.717, 1.165) is 23.1 Å². The lowest BCUT2D eigenvalue weighted by Gasteiger charge is -2.62. The van der Waals surface area contributed by atoms with Crippen LogP contribution >= 0.6 is 0 Å². The lowest BCUT2D eigenvalue weighted by molar-refractivity contribution is -0.0281. The second-order valence-electron chi connectivity index (χ2n) is 10.3. The number of para-hydroxylation sites is 1. The number of phenolic OH excluding ortho intramolecular Hbond substituents is 1. The summed E-state index contributed by atoms with van der Waals surface area (Å²) in [6.45, 7) is 0. The minimum Gasteiger partial charge on any atom is -0.507 e. The van der Waals surface area contributed by atoms with Crippen LogP contribution in [-0.4, -0.2) is 11.3 Å². The van der Waals surface area contributed by atoms with Gasteiger partial charge >= 0.3 is 0 Å². The van der Waals surface area contributed by atoms with Crippen molar-refractivity contribution < 1.29 is 5.11 Å². The SMILES string of the molecule is Oc1ccccc1C=Nc1ccc(C23CC4CC(CC(c5ccccc5)(C4)C2)C3)cc1. The van der Waals surface area contributed by atoms with Crippen LogP contribution in [0.1, 0.15) is 55.2 Å². The molecule has 2 heteroatoms. The van der Waals surface area contributed by atoms with Gasteiger partial charge in [-0.1, -0.05) is 54.6 Å². The Morgan fingerprint density at radius 1 is 0.710 bits per heavy atom. The number of rotatable bonds is 4. The Labute approximate surface area is 184 Å². The lowest BCUT2D eigenvalue weighted by Crippen LogP contribution is -2.55. The van der Waals surface area contributed by atoms with Crippen molar-refractivity contribution in [2.75, 3.05) is 0 Å². The molecule has 3 aromatic rings. The molecule has 4 aliphatic carbocycles. The maximum atomic E-state index is 9.96. The molecular formula is C29H29NO. The summed E-state index contributed by atoms with van der Waals surface area (Å²) in [5.41, 5.74) is 5.44. The molecule has 4 fully saturated rings. The van der Waals surface area contributed by atoms with Crippen molar-refractivity contribution in [2.45, 2.75) is 49.4 Å². The van der Waals surface area contributed by atoms with Crippen LogP contribution in [0, 0.1) is 11.8 Å². The van der Waals surface area contributed by atoms with Gasteiger partial charge in [0.1, 0.15) is 5.75 Å². The second-order valence-corrected chi connectivity index (χ2v) is 10.3. The molecule has 2 unspecified atom stereocenters. The molecule has 4 bridgehead atoms. The first-order chi connectivity index (χ1) is 15.1. The number of hydrogen-bond donors (Lipinski definition) is 1. The highest BCUT2D eigenvalue weighted by atomic mass is 16.3. The highest BCUT2D eigenvalue weighted by Crippen LogP contribution is 2.66. The van der Waals surface area contributed by atoms with E-state index in [1.54, 1.807) is 17.8 Å². The smallest absolute Gasteiger partial charge is 0.124 e. The summed E-state index contributed by atoms with van der Waals surface area (Å²) >= 11 is 0. The largest absolute Gasteiger partial charge is 0.507 e. The molecule has 2 atom stereocenters. The fourth-order valence-corrected chi connectivity index (χ4v) is 7.37. The van der Waals surface area contributed by atoms with E-state index in [1.807, 2.05) is 18.2 Å². The molecule has 31 heavy (non-hydrogen) atoms. The molecule has 4 saturated carbocycles. The van der Waals surface area contributed by atoms with E-state index in [9.17, 15) is 5.11 Å². The molecule has 2 nitrogen and oxygen atoms in total. The molecule has 4 aliphatic rings. The molecule has 0 aliphatic heterocycles. The van der Waals surface area contributed by atoms with Gasteiger partial charge in [0, 0.05) is 11.8 Å². The van der Waals surface area contributed by atoms with Crippen LogP contribution in [0.5, 0.6) is 5.75 Å². The van der Waals surface area contributed by atoms with Crippen LogP contribution in [0.3, 0.4) is 0 Å². The van der Waals surface area contributed by atoms with Crippen molar-refractivity contribution in [2.24, 2.45) is 16.8 Å². The summed E-state index contributed by atoms with van der Waals surface area (Å²) in [7, 11) is 0. The normalized spacial score (nSPS) is 31.4. The fourth-order valence-electron chi connectivity index (χ4n) is 7.37. The zero-order chi connectivity index (χ0) is 20.9. The van der Waals surface area contributed by atoms with Crippen LogP contribution in [0.4, 0.5) is 5.69 Å². The van der Waals surface area contributed by atoms with Gasteiger partial charge in [-0.05, 0) is 96.6 Å². The predicted octanol–water partition coefficient (Wildman–Crippen LogP) is 6.93. The maximum Gasteiger partial charge on any atom is 0.124 e. The van der Waals surface area contributed by atoms with Crippen LogP contribution in [-0.2, 0) is 10.8 Å². The molecule has 0 heterocycles. The lowest BCUT2D eigenvalue weighted by atomic mass is 9.42. The van der Waals surface area contributed by atoms with E-state index in [2.05, 4.69) is 59.6 Å². The number of aliphatic imine (C=N–C) groups is 1. The molecule has 3 aromatic carbocycles. The van der Waals surface area contributed by atoms with E-state index in [-0.39, 0.29) is 5.75 Å². The first-order valence-corrected chi connectivity index (χ1v) is 11.6. The fraction of sp³-hybridized carbons (Fsp3) is 0.345. The third-order valence-corrected chi connectivity index (χ3v) is 8.22. The van der Waals surface area contributed by atoms with Crippen molar-refractivity contribution >= 4 is 11.9 Å². The zero-order valence-corrected chi connectivity index (χ0v) is 17.9. The van der Waals surface area contributed by atoms with Crippen molar-refractivity contribution in [1.82, 2.24) is 0 Å². The molecule has 0 spiro atoms. The van der Waals surface area contributed by atoms with Gasteiger partial charge in [0.05, 0.1) is 5.69 Å². The molecule has 7 rings (SSSR count). The van der Waals surface area contributed by atoms with E-state index in [1.165, 1.54) is 44.1 Å². The van der Waals surface area contributed by atoms with Crippen molar-refractivity contribution in [3.63, 3.8) is 0 Å². The Bertz CT molecular complexity index is 1100. The first kappa shape index (κ1) is 18.9. The summed E-state index contributed by atoms with van der Waals surface area (Å²) in [6.07, 6.45) is 9.91. The van der Waals surface area contributed by atoms with Gasteiger partial charge in [0.15, 0.2) is 0 Å². The van der Waals surface area contributed by atoms with E-state index in [0.29, 0.717) is 10.8 Å². The van der Waals surface area contributed by atoms with Crippen LogP contribution in [0.15, 0.2) is 83.9 Å². The van der Waals surface area contributed by atoms with Gasteiger partial charge < -0.3 is 5.11 Å². The standard InChI is InChI=1S/C29H29NO/c31-27-9-5-4-6-23(27)19-30-26-12-10-25(11-13-26)29-17-21-14-22(18-29)16-28(15-21,20-29)24-7-2-1-3-8-24/h1-13,19,21-22,31H,14-18,20H2. The van der Waals surface area contributed by atoms with Gasteiger partial charge in [0.25, 0.3) is 0 Å². The molecule has 0 aromatic heterocycles. The quantitative estimate of drug-likeness (QED) is 0.467. The average Bonchev–Trinajstić information content (AvgIpc) is 2.79.